The van der Waals surface area contributed by atoms with Crippen LogP contribution in [0.15, 0.2) is 24.3 Å². The SMILES string of the molecule is COC(=O)c1ccc(CCNC(=O)[C@@H](CC(F)F)NC(=O)C2C3CC(C)(C)OC3CN2C(=O)[C@@H](NC(=O)N[C@H](C(=O)OC(C)(C)C)C(C)C)C2CCCCC2)cc1. The third-order valence-corrected chi connectivity index (χ3v) is 10.8. The van der Waals surface area contributed by atoms with Crippen LogP contribution in [0.3, 0.4) is 0 Å². The molecule has 1 aromatic carbocycles. The van der Waals surface area contributed by atoms with Gasteiger partial charge in [-0.25, -0.2) is 23.2 Å². The van der Waals surface area contributed by atoms with Gasteiger partial charge in [0.25, 0.3) is 0 Å². The van der Waals surface area contributed by atoms with Crippen LogP contribution in [0.1, 0.15) is 109 Å². The molecule has 3 unspecified atom stereocenters. The molecule has 3 fully saturated rings. The summed E-state index contributed by atoms with van der Waals surface area (Å²) in [5, 5.41) is 10.7. The van der Waals surface area contributed by atoms with E-state index in [1.54, 1.807) is 58.9 Å². The molecule has 0 radical (unpaired) electrons. The van der Waals surface area contributed by atoms with Gasteiger partial charge in [-0.2, -0.15) is 0 Å². The number of amides is 5. The van der Waals surface area contributed by atoms with Gasteiger partial charge in [-0.1, -0.05) is 45.2 Å². The van der Waals surface area contributed by atoms with E-state index in [-0.39, 0.29) is 24.9 Å². The number of ether oxygens (including phenoxy) is 3. The van der Waals surface area contributed by atoms with Crippen molar-refractivity contribution in [1.82, 2.24) is 26.2 Å². The fourth-order valence-electron chi connectivity index (χ4n) is 8.09. The Morgan fingerprint density at radius 1 is 0.965 bits per heavy atom. The second kappa shape index (κ2) is 19.4. The van der Waals surface area contributed by atoms with Gasteiger partial charge in [0.05, 0.1) is 24.4 Å². The van der Waals surface area contributed by atoms with E-state index in [9.17, 15) is 37.5 Å². The van der Waals surface area contributed by atoms with E-state index in [2.05, 4.69) is 21.3 Å². The Balaban J connectivity index is 1.53. The summed E-state index contributed by atoms with van der Waals surface area (Å²) in [7, 11) is 1.27. The molecule has 4 N–H and O–H groups in total. The summed E-state index contributed by atoms with van der Waals surface area (Å²) in [6.45, 7) is 12.5. The fourth-order valence-corrected chi connectivity index (χ4v) is 8.09. The van der Waals surface area contributed by atoms with Gasteiger partial charge in [0.15, 0.2) is 0 Å². The third kappa shape index (κ3) is 12.6. The molecule has 4 rings (SSSR count). The molecule has 5 amide bonds. The molecule has 14 nitrogen and oxygen atoms in total. The molecule has 0 aromatic heterocycles. The van der Waals surface area contributed by atoms with Crippen molar-refractivity contribution >= 4 is 35.7 Å². The predicted octanol–water partition coefficient (Wildman–Crippen LogP) is 4.28. The van der Waals surface area contributed by atoms with E-state index in [1.807, 2.05) is 13.8 Å². The number of urea groups is 1. The van der Waals surface area contributed by atoms with E-state index in [0.29, 0.717) is 31.2 Å². The highest BCUT2D eigenvalue weighted by atomic mass is 19.3. The van der Waals surface area contributed by atoms with Crippen LogP contribution in [0.5, 0.6) is 0 Å². The first-order valence-corrected chi connectivity index (χ1v) is 20.0. The van der Waals surface area contributed by atoms with Gasteiger partial charge in [0.1, 0.15) is 29.8 Å². The van der Waals surface area contributed by atoms with Gasteiger partial charge in [0, 0.05) is 25.4 Å². The maximum atomic E-state index is 14.7. The number of fused-ring (bicyclic) bond motifs is 1. The first-order chi connectivity index (χ1) is 26.7. The number of carbonyl (C=O) groups is 6. The molecule has 6 atom stereocenters. The zero-order chi connectivity index (χ0) is 42.2. The number of methoxy groups -OCH3 is 1. The molecule has 2 heterocycles. The van der Waals surface area contributed by atoms with Gasteiger partial charge in [0.2, 0.25) is 24.1 Å². The molecule has 318 valence electrons. The molecule has 1 saturated carbocycles. The van der Waals surface area contributed by atoms with Crippen molar-refractivity contribution in [2.45, 2.75) is 148 Å². The summed E-state index contributed by atoms with van der Waals surface area (Å²) in [5.74, 6) is -4.34. The van der Waals surface area contributed by atoms with E-state index in [4.69, 9.17) is 14.2 Å². The smallest absolute Gasteiger partial charge is 0.337 e. The zero-order valence-electron chi connectivity index (χ0n) is 34.5. The Morgan fingerprint density at radius 3 is 2.19 bits per heavy atom. The maximum Gasteiger partial charge on any atom is 0.337 e. The van der Waals surface area contributed by atoms with Crippen LogP contribution in [0.2, 0.25) is 0 Å². The Hall–Kier alpha value is -4.34. The first-order valence-electron chi connectivity index (χ1n) is 20.0. The Morgan fingerprint density at radius 2 is 1.61 bits per heavy atom. The lowest BCUT2D eigenvalue weighted by atomic mass is 9.83. The number of nitrogens with zero attached hydrogens (tertiary/aromatic N) is 1. The molecule has 2 saturated heterocycles. The quantitative estimate of drug-likeness (QED) is 0.188. The van der Waals surface area contributed by atoms with Crippen molar-refractivity contribution < 1.29 is 51.8 Å². The molecular weight excluding hydrogens is 744 g/mol. The highest BCUT2D eigenvalue weighted by molar-refractivity contribution is 5.95. The van der Waals surface area contributed by atoms with Gasteiger partial charge in [-0.15, -0.1) is 0 Å². The Bertz CT molecular complexity index is 1590. The number of hydrogen-bond acceptors (Lipinski definition) is 9. The fraction of sp³-hybridized carbons (Fsp3) is 0.707. The third-order valence-electron chi connectivity index (χ3n) is 10.8. The van der Waals surface area contributed by atoms with Crippen LogP contribution >= 0.6 is 0 Å². The molecule has 3 aliphatic rings. The number of nitrogens with one attached hydrogen (secondary N) is 4. The number of halogens is 2. The molecular formula is C41H61F2N5O9. The van der Waals surface area contributed by atoms with Crippen molar-refractivity contribution in [3.05, 3.63) is 35.4 Å². The first kappa shape index (κ1) is 45.4. The van der Waals surface area contributed by atoms with Gasteiger partial charge in [-0.3, -0.25) is 14.4 Å². The average Bonchev–Trinajstić information content (AvgIpc) is 3.62. The highest BCUT2D eigenvalue weighted by Gasteiger charge is 2.56. The monoisotopic (exact) mass is 805 g/mol. The van der Waals surface area contributed by atoms with E-state index in [1.165, 1.54) is 12.0 Å². The number of hydrogen-bond donors (Lipinski definition) is 4. The van der Waals surface area contributed by atoms with Crippen LogP contribution in [0, 0.1) is 17.8 Å². The lowest BCUT2D eigenvalue weighted by Gasteiger charge is -2.36. The van der Waals surface area contributed by atoms with Gasteiger partial charge < -0.3 is 40.4 Å². The topological polar surface area (TPSA) is 181 Å². The Labute approximate surface area is 334 Å². The number of rotatable bonds is 15. The van der Waals surface area contributed by atoms with Crippen molar-refractivity contribution in [3.8, 4) is 0 Å². The largest absolute Gasteiger partial charge is 0.465 e. The molecule has 57 heavy (non-hydrogen) atoms. The minimum atomic E-state index is -2.93. The summed E-state index contributed by atoms with van der Waals surface area (Å²) in [6, 6.07) is 0.931. The summed E-state index contributed by atoms with van der Waals surface area (Å²) in [4.78, 5) is 82.1. The number of carbonyl (C=O) groups excluding carboxylic acids is 6. The van der Waals surface area contributed by atoms with Crippen molar-refractivity contribution in [2.24, 2.45) is 17.8 Å². The van der Waals surface area contributed by atoms with E-state index < -0.39 is 95.9 Å². The van der Waals surface area contributed by atoms with Crippen LogP contribution < -0.4 is 21.3 Å². The molecule has 0 bridgehead atoms. The second-order valence-corrected chi connectivity index (χ2v) is 17.4. The zero-order valence-corrected chi connectivity index (χ0v) is 34.5. The molecule has 1 aliphatic carbocycles. The van der Waals surface area contributed by atoms with Crippen LogP contribution in [-0.2, 0) is 39.8 Å². The molecule has 0 spiro atoms. The predicted molar refractivity (Wildman–Crippen MR) is 206 cm³/mol. The van der Waals surface area contributed by atoms with E-state index >= 15 is 0 Å². The van der Waals surface area contributed by atoms with Crippen LogP contribution in [-0.4, -0.2) is 109 Å². The molecule has 1 aromatic rings. The standard InChI is InChI=1S/C41H61F2N5O9/c1-23(2)31(38(53)57-40(3,4)5)46-39(54)47-32(25-12-10-9-11-13-25)36(51)48-22-29-27(21-41(6,7)56-29)33(48)35(50)45-28(20-30(42)43)34(49)44-19-18-24-14-16-26(17-15-24)37(52)55-8/h14-17,23,25,27-33H,9-13,18-22H2,1-8H3,(H,44,49)(H,45,50)(H2,46,47,54)/t27?,28-,29?,31+,32+,33?/m1/s1. The summed E-state index contributed by atoms with van der Waals surface area (Å²) in [6.07, 6.45) is 0.191. The minimum absolute atomic E-state index is 0.0184. The Kier molecular flexibility index (Phi) is 15.4. The van der Waals surface area contributed by atoms with Crippen molar-refractivity contribution in [3.63, 3.8) is 0 Å². The summed E-state index contributed by atoms with van der Waals surface area (Å²) in [5.41, 5.74) is -0.304. The maximum absolute atomic E-state index is 14.7. The average molecular weight is 806 g/mol. The summed E-state index contributed by atoms with van der Waals surface area (Å²) >= 11 is 0. The van der Waals surface area contributed by atoms with Crippen LogP contribution in [0.4, 0.5) is 13.6 Å². The van der Waals surface area contributed by atoms with Crippen molar-refractivity contribution in [2.75, 3.05) is 20.2 Å². The minimum Gasteiger partial charge on any atom is -0.465 e. The number of esters is 2. The lowest BCUT2D eigenvalue weighted by molar-refractivity contribution is -0.158. The highest BCUT2D eigenvalue weighted by Crippen LogP contribution is 2.43. The molecule has 2 aliphatic heterocycles. The number of likely N-dealkylation sites (tertiary alicyclic amines) is 1. The van der Waals surface area contributed by atoms with Gasteiger partial charge in [-0.05, 0) is 89.8 Å². The van der Waals surface area contributed by atoms with E-state index in [0.717, 1.165) is 24.8 Å². The number of benzene rings is 1. The number of alkyl halides is 2. The van der Waals surface area contributed by atoms with Gasteiger partial charge >= 0.3 is 18.0 Å². The van der Waals surface area contributed by atoms with Crippen LogP contribution in [0.25, 0.3) is 0 Å². The van der Waals surface area contributed by atoms with Crippen molar-refractivity contribution in [1.29, 1.82) is 0 Å². The lowest BCUT2D eigenvalue weighted by Crippen LogP contribution is -2.61. The summed E-state index contributed by atoms with van der Waals surface area (Å²) < 4.78 is 44.3. The second-order valence-electron chi connectivity index (χ2n) is 17.4. The molecule has 16 heteroatoms. The normalized spacial score (nSPS) is 22.2.